The Morgan fingerprint density at radius 3 is 2.69 bits per heavy atom. The van der Waals surface area contributed by atoms with Crippen molar-refractivity contribution in [3.05, 3.63) is 0 Å². The van der Waals surface area contributed by atoms with Crippen LogP contribution in [0, 0.1) is 5.92 Å². The minimum Gasteiger partial charge on any atom is -0.480 e. The summed E-state index contributed by atoms with van der Waals surface area (Å²) in [6, 6.07) is -1.94. The van der Waals surface area contributed by atoms with Crippen molar-refractivity contribution in [3.63, 3.8) is 0 Å². The number of hydrogen-bond acceptors (Lipinski definition) is 3. The number of ketones is 1. The third kappa shape index (κ3) is 3.52. The summed E-state index contributed by atoms with van der Waals surface area (Å²) in [5.41, 5.74) is 4.87. The van der Waals surface area contributed by atoms with Crippen LogP contribution in [0.5, 0.6) is 0 Å². The number of carbonyl (C=O) groups is 3. The summed E-state index contributed by atoms with van der Waals surface area (Å²) in [7, 11) is 0. The number of primary amides is 1. The lowest BCUT2D eigenvalue weighted by Crippen LogP contribution is -2.45. The number of aliphatic carboxylic acids is 1. The molecule has 6 heteroatoms. The minimum atomic E-state index is -1.16. The van der Waals surface area contributed by atoms with Gasteiger partial charge in [-0.05, 0) is 19.3 Å². The van der Waals surface area contributed by atoms with Gasteiger partial charge in [-0.15, -0.1) is 0 Å². The number of hydrogen-bond donors (Lipinski definition) is 3. The Labute approximate surface area is 93.2 Å². The van der Waals surface area contributed by atoms with Gasteiger partial charge in [-0.1, -0.05) is 6.42 Å². The van der Waals surface area contributed by atoms with Crippen LogP contribution in [-0.4, -0.2) is 28.9 Å². The largest absolute Gasteiger partial charge is 0.480 e. The Balaban J connectivity index is 2.56. The van der Waals surface area contributed by atoms with E-state index in [2.05, 4.69) is 5.32 Å². The second-order valence-electron chi connectivity index (χ2n) is 4.04. The summed E-state index contributed by atoms with van der Waals surface area (Å²) >= 11 is 0. The molecule has 0 aliphatic heterocycles. The van der Waals surface area contributed by atoms with E-state index in [1.54, 1.807) is 0 Å². The van der Waals surface area contributed by atoms with E-state index < -0.39 is 18.0 Å². The highest BCUT2D eigenvalue weighted by Gasteiger charge is 2.29. The summed E-state index contributed by atoms with van der Waals surface area (Å²) in [6.07, 6.45) is 3.14. The number of urea groups is 1. The molecular weight excluding hydrogens is 212 g/mol. The lowest BCUT2D eigenvalue weighted by atomic mass is 9.83. The zero-order chi connectivity index (χ0) is 12.1. The third-order valence-corrected chi connectivity index (χ3v) is 2.82. The van der Waals surface area contributed by atoms with Gasteiger partial charge >= 0.3 is 12.0 Å². The molecule has 1 saturated carbocycles. The first-order valence-corrected chi connectivity index (χ1v) is 5.32. The first-order valence-electron chi connectivity index (χ1n) is 5.32. The van der Waals surface area contributed by atoms with Gasteiger partial charge in [-0.25, -0.2) is 9.59 Å². The Hall–Kier alpha value is -1.59. The number of carboxylic acid groups (broad SMARTS) is 1. The van der Waals surface area contributed by atoms with Crippen LogP contribution < -0.4 is 11.1 Å². The van der Waals surface area contributed by atoms with E-state index in [1.165, 1.54) is 0 Å². The second-order valence-corrected chi connectivity index (χ2v) is 4.04. The molecule has 1 aliphatic carbocycles. The first-order chi connectivity index (χ1) is 7.50. The van der Waals surface area contributed by atoms with Crippen molar-refractivity contribution in [1.29, 1.82) is 0 Å². The van der Waals surface area contributed by atoms with Crippen LogP contribution in [0.1, 0.15) is 32.1 Å². The van der Waals surface area contributed by atoms with E-state index in [1.807, 2.05) is 0 Å². The molecule has 2 amide bonds. The van der Waals surface area contributed by atoms with Crippen LogP contribution in [-0.2, 0) is 9.59 Å². The number of amides is 2. The highest BCUT2D eigenvalue weighted by atomic mass is 16.4. The topological polar surface area (TPSA) is 109 Å². The molecule has 2 atom stereocenters. The molecule has 0 spiro atoms. The fourth-order valence-electron chi connectivity index (χ4n) is 1.98. The summed E-state index contributed by atoms with van der Waals surface area (Å²) in [6.45, 7) is 0. The van der Waals surface area contributed by atoms with Crippen LogP contribution in [0.15, 0.2) is 0 Å². The van der Waals surface area contributed by atoms with Crippen molar-refractivity contribution in [3.8, 4) is 0 Å². The molecule has 90 valence electrons. The molecule has 16 heavy (non-hydrogen) atoms. The van der Waals surface area contributed by atoms with Crippen molar-refractivity contribution >= 4 is 17.8 Å². The summed E-state index contributed by atoms with van der Waals surface area (Å²) in [5.74, 6) is -1.33. The molecule has 0 bridgehead atoms. The number of Topliss-reactive ketones (excluding diaryl/α,β-unsaturated/α-hetero) is 1. The molecule has 2 unspecified atom stereocenters. The summed E-state index contributed by atoms with van der Waals surface area (Å²) in [4.78, 5) is 32.9. The van der Waals surface area contributed by atoms with Crippen molar-refractivity contribution in [2.24, 2.45) is 11.7 Å². The Kier molecular flexibility index (Phi) is 4.28. The molecule has 0 heterocycles. The molecule has 1 fully saturated rings. The molecule has 4 N–H and O–H groups in total. The van der Waals surface area contributed by atoms with Crippen molar-refractivity contribution in [2.75, 3.05) is 0 Å². The molecule has 0 aromatic rings. The van der Waals surface area contributed by atoms with E-state index >= 15 is 0 Å². The van der Waals surface area contributed by atoms with Gasteiger partial charge in [0.05, 0.1) is 0 Å². The third-order valence-electron chi connectivity index (χ3n) is 2.82. The van der Waals surface area contributed by atoms with E-state index in [9.17, 15) is 14.4 Å². The molecule has 0 saturated heterocycles. The lowest BCUT2D eigenvalue weighted by Gasteiger charge is -2.23. The van der Waals surface area contributed by atoms with E-state index in [4.69, 9.17) is 10.8 Å². The summed E-state index contributed by atoms with van der Waals surface area (Å²) in [5, 5.41) is 11.0. The first kappa shape index (κ1) is 12.5. The smallest absolute Gasteiger partial charge is 0.326 e. The zero-order valence-corrected chi connectivity index (χ0v) is 8.94. The number of carbonyl (C=O) groups excluding carboxylic acids is 2. The number of carboxylic acids is 1. The van der Waals surface area contributed by atoms with E-state index in [-0.39, 0.29) is 18.1 Å². The average Bonchev–Trinajstić information content (AvgIpc) is 2.19. The highest BCUT2D eigenvalue weighted by molar-refractivity contribution is 5.85. The van der Waals surface area contributed by atoms with Gasteiger partial charge in [0.25, 0.3) is 0 Å². The molecule has 6 nitrogen and oxygen atoms in total. The molecule has 1 aliphatic rings. The predicted molar refractivity (Wildman–Crippen MR) is 55.7 cm³/mol. The van der Waals surface area contributed by atoms with Crippen LogP contribution >= 0.6 is 0 Å². The van der Waals surface area contributed by atoms with Gasteiger partial charge in [-0.2, -0.15) is 0 Å². The molecule has 0 aromatic heterocycles. The lowest BCUT2D eigenvalue weighted by molar-refractivity contribution is -0.140. The van der Waals surface area contributed by atoms with Gasteiger partial charge in [0.2, 0.25) is 0 Å². The van der Waals surface area contributed by atoms with Crippen LogP contribution in [0.3, 0.4) is 0 Å². The normalized spacial score (nSPS) is 22.5. The molecule has 0 aromatic carbocycles. The van der Waals surface area contributed by atoms with Crippen molar-refractivity contribution < 1.29 is 19.5 Å². The number of nitrogens with one attached hydrogen (secondary N) is 1. The highest BCUT2D eigenvalue weighted by Crippen LogP contribution is 2.24. The maximum absolute atomic E-state index is 11.5. The van der Waals surface area contributed by atoms with Crippen LogP contribution in [0.2, 0.25) is 0 Å². The van der Waals surface area contributed by atoms with E-state index in [0.29, 0.717) is 12.8 Å². The van der Waals surface area contributed by atoms with Gasteiger partial charge in [0.1, 0.15) is 11.8 Å². The fourth-order valence-corrected chi connectivity index (χ4v) is 1.98. The van der Waals surface area contributed by atoms with Gasteiger partial charge in [0.15, 0.2) is 0 Å². The maximum atomic E-state index is 11.5. The predicted octanol–water partition coefficient (Wildman–Crippen LogP) is 0.257. The number of rotatable bonds is 4. The second kappa shape index (κ2) is 5.48. The standard InChI is InChI=1S/C10H16N2O4/c11-10(16)12-7(9(14)15)5-6-3-1-2-4-8(6)13/h6-7H,1-5H2,(H,14,15)(H3,11,12,16). The Bertz CT molecular complexity index is 303. The van der Waals surface area contributed by atoms with Crippen molar-refractivity contribution in [2.45, 2.75) is 38.1 Å². The SMILES string of the molecule is NC(=O)NC(CC1CCCCC1=O)C(=O)O. The zero-order valence-electron chi connectivity index (χ0n) is 8.94. The monoisotopic (exact) mass is 228 g/mol. The molecular formula is C10H16N2O4. The average molecular weight is 228 g/mol. The molecule has 0 radical (unpaired) electrons. The van der Waals surface area contributed by atoms with E-state index in [0.717, 1.165) is 12.8 Å². The Morgan fingerprint density at radius 1 is 1.50 bits per heavy atom. The van der Waals surface area contributed by atoms with Gasteiger partial charge in [-0.3, -0.25) is 4.79 Å². The van der Waals surface area contributed by atoms with Crippen LogP contribution in [0.4, 0.5) is 4.79 Å². The molecule has 1 rings (SSSR count). The number of nitrogens with two attached hydrogens (primary N) is 1. The fraction of sp³-hybridized carbons (Fsp3) is 0.700. The Morgan fingerprint density at radius 2 is 2.19 bits per heavy atom. The minimum absolute atomic E-state index is 0.0868. The van der Waals surface area contributed by atoms with Gasteiger partial charge in [0, 0.05) is 12.3 Å². The van der Waals surface area contributed by atoms with Crippen LogP contribution in [0.25, 0.3) is 0 Å². The van der Waals surface area contributed by atoms with Crippen molar-refractivity contribution in [1.82, 2.24) is 5.32 Å². The quantitative estimate of drug-likeness (QED) is 0.640. The van der Waals surface area contributed by atoms with Gasteiger partial charge < -0.3 is 16.2 Å². The maximum Gasteiger partial charge on any atom is 0.326 e. The summed E-state index contributed by atoms with van der Waals surface area (Å²) < 4.78 is 0.